The summed E-state index contributed by atoms with van der Waals surface area (Å²) >= 11 is 0. The van der Waals surface area contributed by atoms with Crippen LogP contribution in [0.5, 0.6) is 11.5 Å². The van der Waals surface area contributed by atoms with Crippen molar-refractivity contribution >= 4 is 5.91 Å². The van der Waals surface area contributed by atoms with Gasteiger partial charge in [-0.3, -0.25) is 4.79 Å². The van der Waals surface area contributed by atoms with E-state index in [2.05, 4.69) is 6.92 Å². The van der Waals surface area contributed by atoms with Gasteiger partial charge in [0.1, 0.15) is 0 Å². The Morgan fingerprint density at radius 1 is 1.24 bits per heavy atom. The molecule has 5 nitrogen and oxygen atoms in total. The Balaban J connectivity index is 1.81. The normalized spacial score (nSPS) is 17.4. The van der Waals surface area contributed by atoms with Crippen LogP contribution < -0.4 is 4.74 Å². The number of hydrogen-bond acceptors (Lipinski definition) is 4. The molecule has 0 spiro atoms. The molecule has 1 aliphatic heterocycles. The van der Waals surface area contributed by atoms with Gasteiger partial charge in [0.2, 0.25) is 0 Å². The van der Waals surface area contributed by atoms with Crippen LogP contribution in [-0.4, -0.2) is 48.8 Å². The number of ether oxygens (including phenoxy) is 2. The van der Waals surface area contributed by atoms with E-state index in [9.17, 15) is 9.90 Å². The minimum absolute atomic E-state index is 0.0463. The van der Waals surface area contributed by atoms with E-state index in [1.807, 2.05) is 35.2 Å². The number of amides is 1. The van der Waals surface area contributed by atoms with Crippen molar-refractivity contribution in [2.75, 3.05) is 26.9 Å². The number of methoxy groups -OCH3 is 1. The van der Waals surface area contributed by atoms with Gasteiger partial charge in [0.05, 0.1) is 26.4 Å². The van der Waals surface area contributed by atoms with E-state index in [1.54, 1.807) is 12.1 Å². The fraction of sp³-hybridized carbons (Fsp3) is 0.350. The van der Waals surface area contributed by atoms with Crippen LogP contribution in [0.3, 0.4) is 0 Å². The van der Waals surface area contributed by atoms with Crippen molar-refractivity contribution in [1.82, 2.24) is 4.90 Å². The molecule has 0 aliphatic carbocycles. The highest BCUT2D eigenvalue weighted by atomic mass is 16.5. The number of benzene rings is 2. The minimum Gasteiger partial charge on any atom is -0.504 e. The zero-order chi connectivity index (χ0) is 17.8. The Kier molecular flexibility index (Phi) is 5.24. The van der Waals surface area contributed by atoms with Crippen LogP contribution in [-0.2, 0) is 4.74 Å². The van der Waals surface area contributed by atoms with Gasteiger partial charge >= 0.3 is 0 Å². The molecule has 5 heteroatoms. The minimum atomic E-state index is 0.0463. The maximum Gasteiger partial charge on any atom is 0.254 e. The van der Waals surface area contributed by atoms with Gasteiger partial charge in [-0.15, -0.1) is 0 Å². The number of aromatic hydroxyl groups is 1. The van der Waals surface area contributed by atoms with E-state index in [0.29, 0.717) is 31.1 Å². The summed E-state index contributed by atoms with van der Waals surface area (Å²) in [6, 6.07) is 12.9. The molecule has 1 fully saturated rings. The molecule has 1 heterocycles. The fourth-order valence-electron chi connectivity index (χ4n) is 3.09. The van der Waals surface area contributed by atoms with Gasteiger partial charge in [0.25, 0.3) is 5.91 Å². The average molecular weight is 341 g/mol. The Bertz CT molecular complexity index is 742. The topological polar surface area (TPSA) is 59.0 Å². The summed E-state index contributed by atoms with van der Waals surface area (Å²) in [6.07, 6.45) is 0.886. The van der Waals surface area contributed by atoms with Gasteiger partial charge in [0, 0.05) is 12.1 Å². The third-order valence-electron chi connectivity index (χ3n) is 4.60. The highest BCUT2D eigenvalue weighted by Crippen LogP contribution is 2.31. The number of phenols is 1. The summed E-state index contributed by atoms with van der Waals surface area (Å²) in [7, 11) is 1.52. The molecule has 1 atom stereocenters. The van der Waals surface area contributed by atoms with Gasteiger partial charge in [-0.2, -0.15) is 0 Å². The molecule has 25 heavy (non-hydrogen) atoms. The number of morpholine rings is 1. The first kappa shape index (κ1) is 17.3. The summed E-state index contributed by atoms with van der Waals surface area (Å²) < 4.78 is 10.6. The highest BCUT2D eigenvalue weighted by Gasteiger charge is 2.26. The molecule has 0 unspecified atom stereocenters. The lowest BCUT2D eigenvalue weighted by Crippen LogP contribution is -2.48. The molecule has 1 amide bonds. The SMILES string of the molecule is CC[C@@H]1COCCN1C(=O)c1ccc(-c2ccc(O)c(OC)c2)cc1. The monoisotopic (exact) mass is 341 g/mol. The fourth-order valence-corrected chi connectivity index (χ4v) is 3.09. The molecule has 132 valence electrons. The largest absolute Gasteiger partial charge is 0.504 e. The van der Waals surface area contributed by atoms with Crippen LogP contribution in [0.25, 0.3) is 11.1 Å². The van der Waals surface area contributed by atoms with Crippen molar-refractivity contribution in [1.29, 1.82) is 0 Å². The molecular weight excluding hydrogens is 318 g/mol. The summed E-state index contributed by atoms with van der Waals surface area (Å²) in [5, 5.41) is 9.71. The lowest BCUT2D eigenvalue weighted by Gasteiger charge is -2.35. The quantitative estimate of drug-likeness (QED) is 0.927. The van der Waals surface area contributed by atoms with Crippen molar-refractivity contribution in [2.24, 2.45) is 0 Å². The van der Waals surface area contributed by atoms with E-state index in [0.717, 1.165) is 17.5 Å². The van der Waals surface area contributed by atoms with Gasteiger partial charge in [0.15, 0.2) is 11.5 Å². The first-order valence-corrected chi connectivity index (χ1v) is 8.50. The zero-order valence-electron chi connectivity index (χ0n) is 14.6. The molecule has 0 saturated carbocycles. The number of hydrogen-bond donors (Lipinski definition) is 1. The average Bonchev–Trinajstić information content (AvgIpc) is 2.68. The number of carbonyl (C=O) groups is 1. The summed E-state index contributed by atoms with van der Waals surface area (Å²) in [5.74, 6) is 0.581. The van der Waals surface area contributed by atoms with Crippen LogP contribution in [0.1, 0.15) is 23.7 Å². The molecule has 0 bridgehead atoms. The first-order chi connectivity index (χ1) is 12.1. The second-order valence-electron chi connectivity index (χ2n) is 6.10. The molecular formula is C20H23NO4. The van der Waals surface area contributed by atoms with Crippen molar-refractivity contribution in [3.63, 3.8) is 0 Å². The Hall–Kier alpha value is -2.53. The lowest BCUT2D eigenvalue weighted by molar-refractivity contribution is -0.00279. The zero-order valence-corrected chi connectivity index (χ0v) is 14.6. The Morgan fingerprint density at radius 3 is 2.64 bits per heavy atom. The summed E-state index contributed by atoms with van der Waals surface area (Å²) in [4.78, 5) is 14.7. The number of nitrogens with zero attached hydrogens (tertiary/aromatic N) is 1. The predicted octanol–water partition coefficient (Wildman–Crippen LogP) is 3.32. The van der Waals surface area contributed by atoms with E-state index < -0.39 is 0 Å². The van der Waals surface area contributed by atoms with Gasteiger partial charge < -0.3 is 19.5 Å². The van der Waals surface area contributed by atoms with Crippen molar-refractivity contribution in [3.05, 3.63) is 48.0 Å². The van der Waals surface area contributed by atoms with Crippen LogP contribution in [0.15, 0.2) is 42.5 Å². The van der Waals surface area contributed by atoms with Gasteiger partial charge in [-0.1, -0.05) is 25.1 Å². The Labute approximate surface area is 147 Å². The summed E-state index contributed by atoms with van der Waals surface area (Å²) in [5.41, 5.74) is 2.56. The molecule has 1 saturated heterocycles. The van der Waals surface area contributed by atoms with Gasteiger partial charge in [-0.25, -0.2) is 0 Å². The summed E-state index contributed by atoms with van der Waals surface area (Å²) in [6.45, 7) is 3.90. The number of rotatable bonds is 4. The number of phenolic OH excluding ortho intramolecular Hbond substituents is 1. The molecule has 2 aromatic rings. The van der Waals surface area contributed by atoms with E-state index >= 15 is 0 Å². The second-order valence-corrected chi connectivity index (χ2v) is 6.10. The van der Waals surface area contributed by atoms with Crippen molar-refractivity contribution in [3.8, 4) is 22.6 Å². The van der Waals surface area contributed by atoms with Crippen LogP contribution in [0, 0.1) is 0 Å². The maximum absolute atomic E-state index is 12.8. The highest BCUT2D eigenvalue weighted by molar-refractivity contribution is 5.95. The van der Waals surface area contributed by atoms with Crippen molar-refractivity contribution < 1.29 is 19.4 Å². The number of carbonyl (C=O) groups excluding carboxylic acids is 1. The third-order valence-corrected chi connectivity index (χ3v) is 4.60. The smallest absolute Gasteiger partial charge is 0.254 e. The van der Waals surface area contributed by atoms with Crippen LogP contribution in [0.4, 0.5) is 0 Å². The second kappa shape index (κ2) is 7.57. The van der Waals surface area contributed by atoms with Crippen molar-refractivity contribution in [2.45, 2.75) is 19.4 Å². The van der Waals surface area contributed by atoms with Gasteiger partial charge in [-0.05, 0) is 41.8 Å². The van der Waals surface area contributed by atoms with E-state index in [-0.39, 0.29) is 17.7 Å². The molecule has 0 aromatic heterocycles. The van der Waals surface area contributed by atoms with E-state index in [1.165, 1.54) is 7.11 Å². The lowest BCUT2D eigenvalue weighted by atomic mass is 10.0. The van der Waals surface area contributed by atoms with Crippen LogP contribution in [0.2, 0.25) is 0 Å². The standard InChI is InChI=1S/C20H23NO4/c1-3-17-13-25-11-10-21(17)20(23)15-6-4-14(5-7-15)16-8-9-18(22)19(12-16)24-2/h4-9,12,17,22H,3,10-11,13H2,1-2H3/t17-/m1/s1. The maximum atomic E-state index is 12.8. The van der Waals surface area contributed by atoms with E-state index in [4.69, 9.17) is 9.47 Å². The van der Waals surface area contributed by atoms with Crippen LogP contribution >= 0.6 is 0 Å². The predicted molar refractivity (Wildman–Crippen MR) is 96.0 cm³/mol. The molecule has 0 radical (unpaired) electrons. The third kappa shape index (κ3) is 3.61. The molecule has 3 rings (SSSR count). The molecule has 2 aromatic carbocycles. The first-order valence-electron chi connectivity index (χ1n) is 8.50. The molecule has 1 N–H and O–H groups in total. The Morgan fingerprint density at radius 2 is 1.96 bits per heavy atom. The molecule has 1 aliphatic rings.